The third-order valence-corrected chi connectivity index (χ3v) is 5.22. The average Bonchev–Trinajstić information content (AvgIpc) is 3.20. The molecule has 140 valence electrons. The molecule has 0 amide bonds. The quantitative estimate of drug-likeness (QED) is 0.713. The van der Waals surface area contributed by atoms with Crippen LogP contribution < -0.4 is 0 Å². The fourth-order valence-corrected chi connectivity index (χ4v) is 3.28. The van der Waals surface area contributed by atoms with Crippen molar-refractivity contribution in [2.45, 2.75) is 19.6 Å². The van der Waals surface area contributed by atoms with Gasteiger partial charge in [0, 0.05) is 16.5 Å². The second-order valence-corrected chi connectivity index (χ2v) is 7.04. The first kappa shape index (κ1) is 17.9. The first-order valence-corrected chi connectivity index (χ1v) is 9.29. The lowest BCUT2D eigenvalue weighted by Gasteiger charge is -2.37. The first-order chi connectivity index (χ1) is 13.2. The standard InChI is InChI=1S/C22H24N2O3/c1-2-22(13-25)14-26-21(27-15-22)20-23-18(16-9-5-3-6-10-16)19(24-20)17-11-7-4-8-12-17/h3-12,21,25H,2,13-15H2,1H3,(H,23,24)/t21-,22+. The summed E-state index contributed by atoms with van der Waals surface area (Å²) in [5.74, 6) is 0.648. The molecular weight excluding hydrogens is 340 g/mol. The maximum absolute atomic E-state index is 9.66. The van der Waals surface area contributed by atoms with Gasteiger partial charge in [0.15, 0.2) is 5.82 Å². The molecule has 2 aromatic carbocycles. The Labute approximate surface area is 159 Å². The Bertz CT molecular complexity index is 806. The van der Waals surface area contributed by atoms with E-state index in [0.29, 0.717) is 19.0 Å². The van der Waals surface area contributed by atoms with Gasteiger partial charge in [-0.05, 0) is 6.42 Å². The third-order valence-electron chi connectivity index (χ3n) is 5.22. The molecule has 0 radical (unpaired) electrons. The Kier molecular flexibility index (Phi) is 5.07. The molecule has 5 nitrogen and oxygen atoms in total. The largest absolute Gasteiger partial charge is 0.396 e. The predicted molar refractivity (Wildman–Crippen MR) is 104 cm³/mol. The van der Waals surface area contributed by atoms with Crippen LogP contribution in [0.5, 0.6) is 0 Å². The van der Waals surface area contributed by atoms with E-state index in [0.717, 1.165) is 28.9 Å². The molecule has 3 aromatic rings. The summed E-state index contributed by atoms with van der Waals surface area (Å²) in [5, 5.41) is 9.66. The van der Waals surface area contributed by atoms with E-state index in [1.165, 1.54) is 0 Å². The molecule has 4 rings (SSSR count). The van der Waals surface area contributed by atoms with Crippen LogP contribution in [0.2, 0.25) is 0 Å². The van der Waals surface area contributed by atoms with Gasteiger partial charge in [-0.2, -0.15) is 0 Å². The van der Waals surface area contributed by atoms with Crippen molar-refractivity contribution in [2.24, 2.45) is 5.41 Å². The number of ether oxygens (including phenoxy) is 2. The number of nitrogens with zero attached hydrogens (tertiary/aromatic N) is 1. The number of rotatable bonds is 5. The van der Waals surface area contributed by atoms with Gasteiger partial charge in [-0.25, -0.2) is 4.98 Å². The highest BCUT2D eigenvalue weighted by molar-refractivity contribution is 5.78. The van der Waals surface area contributed by atoms with Gasteiger partial charge in [0.05, 0.1) is 31.2 Å². The molecule has 0 saturated carbocycles. The summed E-state index contributed by atoms with van der Waals surface area (Å²) >= 11 is 0. The Morgan fingerprint density at radius 1 is 1.00 bits per heavy atom. The number of aromatic nitrogens is 2. The van der Waals surface area contributed by atoms with Crippen molar-refractivity contribution in [2.75, 3.05) is 19.8 Å². The van der Waals surface area contributed by atoms with Crippen molar-refractivity contribution in [1.82, 2.24) is 9.97 Å². The van der Waals surface area contributed by atoms with E-state index in [1.807, 2.05) is 55.5 Å². The molecule has 1 aliphatic heterocycles. The van der Waals surface area contributed by atoms with Crippen molar-refractivity contribution in [3.8, 4) is 22.5 Å². The van der Waals surface area contributed by atoms with Crippen molar-refractivity contribution < 1.29 is 14.6 Å². The molecule has 2 N–H and O–H groups in total. The summed E-state index contributed by atoms with van der Waals surface area (Å²) in [5.41, 5.74) is 3.59. The molecule has 5 heteroatoms. The topological polar surface area (TPSA) is 67.4 Å². The van der Waals surface area contributed by atoms with Crippen LogP contribution in [0.1, 0.15) is 25.5 Å². The van der Waals surface area contributed by atoms with Crippen molar-refractivity contribution in [3.63, 3.8) is 0 Å². The maximum atomic E-state index is 9.66. The fourth-order valence-electron chi connectivity index (χ4n) is 3.28. The number of nitrogens with one attached hydrogen (secondary N) is 1. The van der Waals surface area contributed by atoms with Gasteiger partial charge in [0.2, 0.25) is 6.29 Å². The zero-order valence-electron chi connectivity index (χ0n) is 15.4. The summed E-state index contributed by atoms with van der Waals surface area (Å²) in [6.45, 7) is 3.00. The number of aliphatic hydroxyl groups excluding tert-OH is 1. The van der Waals surface area contributed by atoms with E-state index in [4.69, 9.17) is 14.5 Å². The van der Waals surface area contributed by atoms with Crippen LogP contribution in [-0.2, 0) is 9.47 Å². The van der Waals surface area contributed by atoms with Crippen LogP contribution in [0, 0.1) is 5.41 Å². The highest BCUT2D eigenvalue weighted by Crippen LogP contribution is 2.36. The zero-order valence-corrected chi connectivity index (χ0v) is 15.4. The molecule has 2 heterocycles. The lowest BCUT2D eigenvalue weighted by molar-refractivity contribution is -0.244. The summed E-state index contributed by atoms with van der Waals surface area (Å²) in [6.07, 6.45) is 0.245. The highest BCUT2D eigenvalue weighted by Gasteiger charge is 2.37. The Morgan fingerprint density at radius 2 is 1.59 bits per heavy atom. The Balaban J connectivity index is 1.68. The minimum Gasteiger partial charge on any atom is -0.396 e. The van der Waals surface area contributed by atoms with E-state index >= 15 is 0 Å². The number of benzene rings is 2. The molecule has 27 heavy (non-hydrogen) atoms. The molecule has 0 spiro atoms. The summed E-state index contributed by atoms with van der Waals surface area (Å²) < 4.78 is 11.9. The van der Waals surface area contributed by atoms with Crippen LogP contribution in [0.15, 0.2) is 60.7 Å². The number of aliphatic hydroxyl groups is 1. The van der Waals surface area contributed by atoms with Crippen LogP contribution in [0.4, 0.5) is 0 Å². The molecular formula is C22H24N2O3. The maximum Gasteiger partial charge on any atom is 0.217 e. The number of aromatic amines is 1. The second kappa shape index (κ2) is 7.64. The van der Waals surface area contributed by atoms with Crippen molar-refractivity contribution in [3.05, 3.63) is 66.5 Å². The molecule has 1 saturated heterocycles. The Hall–Kier alpha value is -2.47. The summed E-state index contributed by atoms with van der Waals surface area (Å²) in [6, 6.07) is 20.2. The van der Waals surface area contributed by atoms with Crippen molar-refractivity contribution >= 4 is 0 Å². The molecule has 0 unspecified atom stereocenters. The van der Waals surface area contributed by atoms with Gasteiger partial charge in [0.25, 0.3) is 0 Å². The molecule has 0 aliphatic carbocycles. The zero-order chi connectivity index (χ0) is 18.7. The SMILES string of the molecule is CC[C@]1(CO)CO[C@@H](c2nc(-c3ccccc3)c(-c3ccccc3)[nH]2)OC1. The minimum atomic E-state index is -0.559. The van der Waals surface area contributed by atoms with E-state index < -0.39 is 6.29 Å². The van der Waals surface area contributed by atoms with Gasteiger partial charge >= 0.3 is 0 Å². The monoisotopic (exact) mass is 364 g/mol. The second-order valence-electron chi connectivity index (χ2n) is 7.04. The molecule has 0 bridgehead atoms. The molecule has 0 atom stereocenters. The van der Waals surface area contributed by atoms with Gasteiger partial charge in [0.1, 0.15) is 0 Å². The number of imidazole rings is 1. The van der Waals surface area contributed by atoms with Gasteiger partial charge in [-0.3, -0.25) is 0 Å². The van der Waals surface area contributed by atoms with Gasteiger partial charge in [-0.1, -0.05) is 67.6 Å². The lowest BCUT2D eigenvalue weighted by Crippen LogP contribution is -2.41. The third kappa shape index (κ3) is 3.54. The summed E-state index contributed by atoms with van der Waals surface area (Å²) in [7, 11) is 0. The van der Waals surface area contributed by atoms with Gasteiger partial charge in [-0.15, -0.1) is 0 Å². The normalized spacial score (nSPS) is 22.7. The van der Waals surface area contributed by atoms with E-state index in [1.54, 1.807) is 0 Å². The summed E-state index contributed by atoms with van der Waals surface area (Å²) in [4.78, 5) is 8.22. The van der Waals surface area contributed by atoms with Gasteiger partial charge < -0.3 is 19.6 Å². The van der Waals surface area contributed by atoms with Crippen LogP contribution in [0.3, 0.4) is 0 Å². The Morgan fingerprint density at radius 3 is 2.15 bits per heavy atom. The average molecular weight is 364 g/mol. The predicted octanol–water partition coefficient (Wildman–Crippen LogP) is 4.18. The smallest absolute Gasteiger partial charge is 0.217 e. The van der Waals surface area contributed by atoms with E-state index in [2.05, 4.69) is 17.1 Å². The number of hydrogen-bond acceptors (Lipinski definition) is 4. The van der Waals surface area contributed by atoms with Crippen LogP contribution in [-0.4, -0.2) is 34.9 Å². The van der Waals surface area contributed by atoms with E-state index in [9.17, 15) is 5.11 Å². The fraction of sp³-hybridized carbons (Fsp3) is 0.318. The first-order valence-electron chi connectivity index (χ1n) is 9.29. The van der Waals surface area contributed by atoms with Crippen LogP contribution in [0.25, 0.3) is 22.5 Å². The highest BCUT2D eigenvalue weighted by atomic mass is 16.7. The lowest BCUT2D eigenvalue weighted by atomic mass is 9.87. The van der Waals surface area contributed by atoms with E-state index in [-0.39, 0.29) is 12.0 Å². The minimum absolute atomic E-state index is 0.0545. The molecule has 1 fully saturated rings. The number of hydrogen-bond donors (Lipinski definition) is 2. The molecule has 1 aromatic heterocycles. The number of H-pyrrole nitrogens is 1. The van der Waals surface area contributed by atoms with Crippen LogP contribution >= 0.6 is 0 Å². The van der Waals surface area contributed by atoms with Crippen molar-refractivity contribution in [1.29, 1.82) is 0 Å². The molecule has 1 aliphatic rings.